The number of methoxy groups -OCH3 is 4. The number of hydrogen-bond acceptors (Lipinski definition) is 12. The highest BCUT2D eigenvalue weighted by Crippen LogP contribution is 2.39. The number of pyridine rings is 2. The topological polar surface area (TPSA) is 206 Å². The van der Waals surface area contributed by atoms with Crippen molar-refractivity contribution >= 4 is 56.4 Å². The number of ether oxygens (including phenoxy) is 5. The molecular weight excluding hydrogens is 751 g/mol. The van der Waals surface area contributed by atoms with E-state index >= 15 is 0 Å². The van der Waals surface area contributed by atoms with Crippen molar-refractivity contribution in [2.24, 2.45) is 17.4 Å². The molecule has 0 radical (unpaired) electrons. The fourth-order valence-electron chi connectivity index (χ4n) is 6.43. The van der Waals surface area contributed by atoms with E-state index in [4.69, 9.17) is 40.4 Å². The Kier molecular flexibility index (Phi) is 14.1. The van der Waals surface area contributed by atoms with E-state index in [-0.39, 0.29) is 5.56 Å². The third-order valence-electron chi connectivity index (χ3n) is 9.67. The summed E-state index contributed by atoms with van der Waals surface area (Å²) in [5.41, 5.74) is 19.7. The van der Waals surface area contributed by atoms with Crippen molar-refractivity contribution in [2.45, 2.75) is 40.7 Å². The molecule has 306 valence electrons. The molecule has 0 fully saturated rings. The lowest BCUT2D eigenvalue weighted by Gasteiger charge is -2.18. The summed E-state index contributed by atoms with van der Waals surface area (Å²) in [6, 6.07) is 20.8. The summed E-state index contributed by atoms with van der Waals surface area (Å²) in [6.07, 6.45) is 3.21. The highest BCUT2D eigenvalue weighted by molar-refractivity contribution is 6.09. The molecular formula is C45H49N7O7. The molecule has 0 aliphatic carbocycles. The maximum absolute atomic E-state index is 12.2. The highest BCUT2D eigenvalue weighted by atomic mass is 16.5. The van der Waals surface area contributed by atoms with E-state index in [0.717, 1.165) is 33.6 Å². The second-order valence-electron chi connectivity index (χ2n) is 13.9. The van der Waals surface area contributed by atoms with Crippen LogP contribution in [-0.2, 0) is 17.8 Å². The minimum Gasteiger partial charge on any atom is -0.493 e. The Morgan fingerprint density at radius 1 is 0.695 bits per heavy atom. The first kappa shape index (κ1) is 43.0. The molecule has 4 aromatic carbocycles. The van der Waals surface area contributed by atoms with Gasteiger partial charge in [0.2, 0.25) is 0 Å². The van der Waals surface area contributed by atoms with Crippen LogP contribution >= 0.6 is 0 Å². The average molecular weight is 800 g/mol. The van der Waals surface area contributed by atoms with Gasteiger partial charge in [0.1, 0.15) is 0 Å². The number of carbonyl (C=O) groups excluding carboxylic acids is 2. The van der Waals surface area contributed by atoms with Crippen molar-refractivity contribution in [3.63, 3.8) is 0 Å². The summed E-state index contributed by atoms with van der Waals surface area (Å²) in [5, 5.41) is 17.1. The number of amides is 2. The van der Waals surface area contributed by atoms with E-state index in [9.17, 15) is 9.59 Å². The van der Waals surface area contributed by atoms with E-state index in [1.54, 1.807) is 45.6 Å². The summed E-state index contributed by atoms with van der Waals surface area (Å²) >= 11 is 0. The van der Waals surface area contributed by atoms with E-state index in [1.165, 1.54) is 19.5 Å². The Balaban J connectivity index is 0.000000225. The van der Waals surface area contributed by atoms with Gasteiger partial charge in [-0.25, -0.2) is 0 Å². The van der Waals surface area contributed by atoms with Crippen LogP contribution in [0.3, 0.4) is 0 Å². The molecule has 14 heteroatoms. The molecule has 6 rings (SSSR count). The lowest BCUT2D eigenvalue weighted by atomic mass is 10.0. The molecule has 2 amide bonds. The number of carbonyl (C=O) groups is 2. The molecule has 0 bridgehead atoms. The molecule has 6 N–H and O–H groups in total. The molecule has 0 aliphatic rings. The standard InChI is InChI=1S/C24H29N3O4.C21H20N4O3/c1-14(2)12-31-13-16-7-6-8-19(15(16)3)27-23-17-9-21(29-4)22(30-5)10-20(17)26-11-18(23)24(25)28;1-12-13(7-8-22)5-4-6-16(12)25-20-14-9-18(27-2)19(28-3)10-17(14)24-11-15(20)21(23)26/h6-11,14H,12-13H2,1-5H3,(H2,25,28)(H,26,27);4-6,9-11H,7H2,1-3H3,(H2,23,26)(H,24,25). The van der Waals surface area contributed by atoms with Gasteiger partial charge in [0, 0.05) is 53.3 Å². The monoisotopic (exact) mass is 799 g/mol. The molecule has 0 aliphatic heterocycles. The van der Waals surface area contributed by atoms with Gasteiger partial charge < -0.3 is 45.8 Å². The minimum absolute atomic E-state index is 0.254. The van der Waals surface area contributed by atoms with Gasteiger partial charge in [-0.2, -0.15) is 5.26 Å². The molecule has 6 aromatic rings. The van der Waals surface area contributed by atoms with Gasteiger partial charge in [0.15, 0.2) is 23.0 Å². The van der Waals surface area contributed by atoms with Gasteiger partial charge >= 0.3 is 0 Å². The van der Waals surface area contributed by atoms with Crippen LogP contribution in [0.4, 0.5) is 22.7 Å². The molecule has 0 unspecified atom stereocenters. The predicted molar refractivity (Wildman–Crippen MR) is 229 cm³/mol. The first-order valence-electron chi connectivity index (χ1n) is 18.7. The summed E-state index contributed by atoms with van der Waals surface area (Å²) in [5.74, 6) is 1.44. The van der Waals surface area contributed by atoms with Crippen LogP contribution in [0.2, 0.25) is 0 Å². The first-order chi connectivity index (χ1) is 28.3. The van der Waals surface area contributed by atoms with Crippen LogP contribution in [0.25, 0.3) is 21.8 Å². The van der Waals surface area contributed by atoms with Crippen LogP contribution in [0.5, 0.6) is 23.0 Å². The Hall–Kier alpha value is -7.11. The second kappa shape index (κ2) is 19.4. The Bertz CT molecular complexity index is 2550. The fraction of sp³-hybridized carbons (Fsp3) is 0.267. The molecule has 0 spiro atoms. The zero-order chi connectivity index (χ0) is 42.8. The van der Waals surface area contributed by atoms with Crippen molar-refractivity contribution in [1.82, 2.24) is 9.97 Å². The third kappa shape index (κ3) is 9.72. The fourth-order valence-corrected chi connectivity index (χ4v) is 6.43. The minimum atomic E-state index is -0.600. The van der Waals surface area contributed by atoms with Gasteiger partial charge in [0.25, 0.3) is 11.8 Å². The van der Waals surface area contributed by atoms with Gasteiger partial charge in [-0.05, 0) is 66.3 Å². The van der Waals surface area contributed by atoms with Crippen LogP contribution in [-0.4, -0.2) is 56.8 Å². The maximum Gasteiger partial charge on any atom is 0.252 e. The lowest BCUT2D eigenvalue weighted by Crippen LogP contribution is -2.14. The Morgan fingerprint density at radius 3 is 1.53 bits per heavy atom. The van der Waals surface area contributed by atoms with Gasteiger partial charge in [-0.1, -0.05) is 38.1 Å². The number of aromatic nitrogens is 2. The maximum atomic E-state index is 12.2. The van der Waals surface area contributed by atoms with Crippen LogP contribution in [0.1, 0.15) is 56.8 Å². The van der Waals surface area contributed by atoms with Gasteiger partial charge in [-0.15, -0.1) is 0 Å². The summed E-state index contributed by atoms with van der Waals surface area (Å²) in [7, 11) is 6.21. The summed E-state index contributed by atoms with van der Waals surface area (Å²) in [6.45, 7) is 9.39. The summed E-state index contributed by atoms with van der Waals surface area (Å²) in [4.78, 5) is 32.9. The number of primary amides is 2. The molecule has 14 nitrogen and oxygen atoms in total. The van der Waals surface area contributed by atoms with E-state index in [0.29, 0.717) is 87.3 Å². The van der Waals surface area contributed by atoms with E-state index < -0.39 is 11.8 Å². The Morgan fingerprint density at radius 2 is 1.12 bits per heavy atom. The van der Waals surface area contributed by atoms with Crippen LogP contribution in [0.15, 0.2) is 73.1 Å². The number of anilines is 4. The molecule has 59 heavy (non-hydrogen) atoms. The molecule has 0 saturated carbocycles. The number of hydrogen-bond donors (Lipinski definition) is 4. The quantitative estimate of drug-likeness (QED) is 0.0779. The van der Waals surface area contributed by atoms with E-state index in [1.807, 2.05) is 50.2 Å². The Labute approximate surface area is 343 Å². The zero-order valence-corrected chi connectivity index (χ0v) is 34.5. The van der Waals surface area contributed by atoms with Crippen molar-refractivity contribution < 1.29 is 33.3 Å². The predicted octanol–water partition coefficient (Wildman–Crippen LogP) is 8.04. The molecule has 0 atom stereocenters. The molecule has 2 aromatic heterocycles. The number of nitrogens with one attached hydrogen (secondary N) is 2. The molecule has 0 saturated heterocycles. The zero-order valence-electron chi connectivity index (χ0n) is 34.5. The average Bonchev–Trinajstić information content (AvgIpc) is 3.22. The SMILES string of the molecule is COc1cc2ncc(C(N)=O)c(Nc3cccc(CC#N)c3C)c2cc1OC.COc1cc2ncc(C(N)=O)c(Nc3cccc(COCC(C)C)c3C)c2cc1OC. The van der Waals surface area contributed by atoms with Crippen LogP contribution in [0, 0.1) is 31.1 Å². The number of nitrogens with zero attached hydrogens (tertiary/aromatic N) is 3. The van der Waals surface area contributed by atoms with Crippen LogP contribution < -0.4 is 41.0 Å². The number of benzene rings is 4. The number of fused-ring (bicyclic) bond motifs is 2. The largest absolute Gasteiger partial charge is 0.493 e. The van der Waals surface area contributed by atoms with Crippen molar-refractivity contribution in [3.8, 4) is 29.1 Å². The number of nitriles is 1. The highest BCUT2D eigenvalue weighted by Gasteiger charge is 2.20. The van der Waals surface area contributed by atoms with Gasteiger partial charge in [-0.3, -0.25) is 19.6 Å². The van der Waals surface area contributed by atoms with E-state index in [2.05, 4.69) is 40.5 Å². The smallest absolute Gasteiger partial charge is 0.252 e. The molecule has 2 heterocycles. The van der Waals surface area contributed by atoms with Crippen molar-refractivity contribution in [1.29, 1.82) is 5.26 Å². The lowest BCUT2D eigenvalue weighted by molar-refractivity contribution is 0.0968. The number of nitrogens with two attached hydrogens (primary N) is 2. The second-order valence-corrected chi connectivity index (χ2v) is 13.9. The normalized spacial score (nSPS) is 10.7. The first-order valence-corrected chi connectivity index (χ1v) is 18.7. The van der Waals surface area contributed by atoms with Gasteiger partial charge in [0.05, 0.1) is 81.1 Å². The summed E-state index contributed by atoms with van der Waals surface area (Å²) < 4.78 is 27.4. The third-order valence-corrected chi connectivity index (χ3v) is 9.67. The number of rotatable bonds is 15. The van der Waals surface area contributed by atoms with Crippen molar-refractivity contribution in [3.05, 3.63) is 106 Å². The van der Waals surface area contributed by atoms with Crippen molar-refractivity contribution in [2.75, 3.05) is 45.7 Å².